The van der Waals surface area contributed by atoms with E-state index in [2.05, 4.69) is 23.2 Å². The minimum atomic E-state index is -0.511. The lowest BCUT2D eigenvalue weighted by atomic mass is 9.96. The summed E-state index contributed by atoms with van der Waals surface area (Å²) in [5, 5.41) is 5.14. The van der Waals surface area contributed by atoms with Crippen LogP contribution in [-0.4, -0.2) is 11.9 Å². The molecule has 5 rings (SSSR count). The quantitative estimate of drug-likeness (QED) is 0.208. The Balaban J connectivity index is 1.71. The zero-order valence-electron chi connectivity index (χ0n) is 15.0. The van der Waals surface area contributed by atoms with E-state index in [1.54, 1.807) is 24.3 Å². The van der Waals surface area contributed by atoms with Gasteiger partial charge < -0.3 is 4.74 Å². The third-order valence-corrected chi connectivity index (χ3v) is 5.42. The van der Waals surface area contributed by atoms with Gasteiger partial charge in [0.15, 0.2) is 5.70 Å². The largest absolute Gasteiger partial charge is 0.402 e. The molecule has 0 N–H and O–H groups in total. The maximum Gasteiger partial charge on any atom is 0.363 e. The summed E-state index contributed by atoms with van der Waals surface area (Å²) >= 11 is 12.2. The Hall–Kier alpha value is -3.14. The number of carbonyl (C=O) groups is 1. The Labute approximate surface area is 176 Å². The minimum absolute atomic E-state index is 0.174. The number of nitrogens with zero attached hydrogens (tertiary/aromatic N) is 1. The average molecular weight is 418 g/mol. The molecular weight excluding hydrogens is 405 g/mol. The Bertz CT molecular complexity index is 1320. The van der Waals surface area contributed by atoms with E-state index >= 15 is 0 Å². The molecule has 0 aliphatic carbocycles. The highest BCUT2D eigenvalue weighted by Gasteiger charge is 2.26. The minimum Gasteiger partial charge on any atom is -0.402 e. The van der Waals surface area contributed by atoms with Crippen LogP contribution >= 0.6 is 23.2 Å². The van der Waals surface area contributed by atoms with E-state index in [0.717, 1.165) is 27.1 Å². The molecule has 0 bridgehead atoms. The number of ether oxygens (including phenoxy) is 1. The van der Waals surface area contributed by atoms with Gasteiger partial charge in [0.1, 0.15) is 0 Å². The molecule has 29 heavy (non-hydrogen) atoms. The second-order valence-electron chi connectivity index (χ2n) is 6.69. The first kappa shape index (κ1) is 17.9. The summed E-state index contributed by atoms with van der Waals surface area (Å²) in [4.78, 5) is 17.0. The molecule has 5 heteroatoms. The number of aliphatic imine (C=N–C) groups is 1. The van der Waals surface area contributed by atoms with Gasteiger partial charge in [0.25, 0.3) is 0 Å². The monoisotopic (exact) mass is 417 g/mol. The molecule has 0 unspecified atom stereocenters. The van der Waals surface area contributed by atoms with Crippen molar-refractivity contribution in [2.75, 3.05) is 0 Å². The van der Waals surface area contributed by atoms with Gasteiger partial charge in [0, 0.05) is 5.02 Å². The molecule has 1 aliphatic heterocycles. The molecule has 0 aromatic heterocycles. The van der Waals surface area contributed by atoms with Gasteiger partial charge in [-0.2, -0.15) is 0 Å². The molecule has 3 nitrogen and oxygen atoms in total. The normalized spacial score (nSPS) is 15.2. The molecule has 0 fully saturated rings. The van der Waals surface area contributed by atoms with Crippen LogP contribution in [-0.2, 0) is 9.53 Å². The predicted octanol–water partition coefficient (Wildman–Crippen LogP) is 6.64. The van der Waals surface area contributed by atoms with Crippen LogP contribution in [0.25, 0.3) is 27.6 Å². The second kappa shape index (κ2) is 7.03. The van der Waals surface area contributed by atoms with Gasteiger partial charge in [-0.1, -0.05) is 71.7 Å². The Morgan fingerprint density at radius 1 is 0.828 bits per heavy atom. The maximum atomic E-state index is 12.5. The van der Waals surface area contributed by atoms with Gasteiger partial charge in [-0.05, 0) is 57.4 Å². The number of benzene rings is 4. The lowest BCUT2D eigenvalue weighted by Gasteiger charge is -2.08. The molecule has 0 radical (unpaired) electrons. The van der Waals surface area contributed by atoms with Crippen LogP contribution in [0, 0.1) is 0 Å². The fourth-order valence-corrected chi connectivity index (χ4v) is 4.02. The van der Waals surface area contributed by atoms with Crippen LogP contribution in [0.1, 0.15) is 11.1 Å². The van der Waals surface area contributed by atoms with Gasteiger partial charge in [-0.25, -0.2) is 9.79 Å². The number of fused-ring (bicyclic) bond motifs is 2. The fraction of sp³-hybridized carbons (Fsp3) is 0. The first-order valence-corrected chi connectivity index (χ1v) is 9.74. The van der Waals surface area contributed by atoms with E-state index in [9.17, 15) is 4.79 Å². The van der Waals surface area contributed by atoms with Gasteiger partial charge in [0.2, 0.25) is 5.90 Å². The van der Waals surface area contributed by atoms with Gasteiger partial charge in [0.05, 0.1) is 10.6 Å². The zero-order valence-corrected chi connectivity index (χ0v) is 16.5. The van der Waals surface area contributed by atoms with Crippen molar-refractivity contribution in [1.82, 2.24) is 0 Å². The number of rotatable bonds is 2. The van der Waals surface area contributed by atoms with Crippen molar-refractivity contribution in [1.29, 1.82) is 0 Å². The van der Waals surface area contributed by atoms with Crippen LogP contribution in [0.4, 0.5) is 0 Å². The topological polar surface area (TPSA) is 38.7 Å². The van der Waals surface area contributed by atoms with Crippen molar-refractivity contribution < 1.29 is 9.53 Å². The lowest BCUT2D eigenvalue weighted by molar-refractivity contribution is -0.129. The SMILES string of the molecule is O=C1OC(c2ccc(Cl)cc2Cl)=N/C1=C/c1c2ccccc2cc2ccccc12. The number of halogens is 2. The van der Waals surface area contributed by atoms with Crippen LogP contribution in [0.15, 0.2) is 83.5 Å². The van der Waals surface area contributed by atoms with Crippen LogP contribution in [0.2, 0.25) is 10.0 Å². The van der Waals surface area contributed by atoms with Gasteiger partial charge >= 0.3 is 5.97 Å². The average Bonchev–Trinajstić information content (AvgIpc) is 3.08. The summed E-state index contributed by atoms with van der Waals surface area (Å²) in [5.41, 5.74) is 1.68. The van der Waals surface area contributed by atoms with Crippen molar-refractivity contribution in [3.63, 3.8) is 0 Å². The highest BCUT2D eigenvalue weighted by atomic mass is 35.5. The van der Waals surface area contributed by atoms with E-state index in [1.807, 2.05) is 36.4 Å². The number of hydrogen-bond acceptors (Lipinski definition) is 3. The van der Waals surface area contributed by atoms with E-state index < -0.39 is 5.97 Å². The van der Waals surface area contributed by atoms with Gasteiger partial charge in [-0.15, -0.1) is 0 Å². The second-order valence-corrected chi connectivity index (χ2v) is 7.54. The Morgan fingerprint density at radius 2 is 1.48 bits per heavy atom. The van der Waals surface area contributed by atoms with Crippen molar-refractivity contribution in [3.8, 4) is 0 Å². The molecule has 1 heterocycles. The molecule has 0 spiro atoms. The summed E-state index contributed by atoms with van der Waals surface area (Å²) in [6.45, 7) is 0. The molecule has 140 valence electrons. The van der Waals surface area contributed by atoms with Crippen molar-refractivity contribution >= 4 is 62.7 Å². The Morgan fingerprint density at radius 3 is 2.14 bits per heavy atom. The van der Waals surface area contributed by atoms with Crippen molar-refractivity contribution in [2.45, 2.75) is 0 Å². The number of hydrogen-bond donors (Lipinski definition) is 0. The van der Waals surface area contributed by atoms with Crippen molar-refractivity contribution in [3.05, 3.63) is 99.7 Å². The molecule has 0 saturated carbocycles. The fourth-order valence-electron chi connectivity index (χ4n) is 3.53. The summed E-state index contributed by atoms with van der Waals surface area (Å²) in [7, 11) is 0. The number of esters is 1. The summed E-state index contributed by atoms with van der Waals surface area (Å²) in [5.74, 6) is -0.338. The summed E-state index contributed by atoms with van der Waals surface area (Å²) in [6, 6.07) is 23.2. The molecular formula is C24H13Cl2NO2. The maximum absolute atomic E-state index is 12.5. The van der Waals surface area contributed by atoms with Crippen LogP contribution in [0.5, 0.6) is 0 Å². The standard InChI is InChI=1S/C24H13Cl2NO2/c25-16-9-10-19(21(26)12-16)23-27-22(24(28)29-23)13-20-17-7-3-1-5-14(17)11-15-6-2-4-8-18(15)20/h1-13H/b22-13+. The molecule has 4 aromatic carbocycles. The molecule has 0 amide bonds. The highest BCUT2D eigenvalue weighted by Crippen LogP contribution is 2.32. The smallest absolute Gasteiger partial charge is 0.363 e. The Kier molecular flexibility index (Phi) is 4.35. The van der Waals surface area contributed by atoms with E-state index in [-0.39, 0.29) is 11.6 Å². The number of carbonyl (C=O) groups excluding carboxylic acids is 1. The summed E-state index contributed by atoms with van der Waals surface area (Å²) in [6.07, 6.45) is 1.78. The first-order chi connectivity index (χ1) is 14.1. The van der Waals surface area contributed by atoms with E-state index in [4.69, 9.17) is 27.9 Å². The van der Waals surface area contributed by atoms with Crippen LogP contribution in [0.3, 0.4) is 0 Å². The first-order valence-electron chi connectivity index (χ1n) is 8.98. The predicted molar refractivity (Wildman–Crippen MR) is 119 cm³/mol. The molecule has 0 atom stereocenters. The zero-order chi connectivity index (χ0) is 20.0. The van der Waals surface area contributed by atoms with Gasteiger partial charge in [-0.3, -0.25) is 0 Å². The third kappa shape index (κ3) is 3.19. The number of cyclic esters (lactones) is 1. The summed E-state index contributed by atoms with van der Waals surface area (Å²) < 4.78 is 5.39. The molecule has 1 aliphatic rings. The van der Waals surface area contributed by atoms with E-state index in [1.165, 1.54) is 0 Å². The highest BCUT2D eigenvalue weighted by molar-refractivity contribution is 6.37. The van der Waals surface area contributed by atoms with E-state index in [0.29, 0.717) is 15.6 Å². The molecule has 4 aromatic rings. The lowest BCUT2D eigenvalue weighted by Crippen LogP contribution is -2.05. The van der Waals surface area contributed by atoms with Crippen molar-refractivity contribution in [2.24, 2.45) is 4.99 Å². The third-order valence-electron chi connectivity index (χ3n) is 4.88. The van der Waals surface area contributed by atoms with Crippen LogP contribution < -0.4 is 0 Å². The molecule has 0 saturated heterocycles.